The number of amides is 6. The van der Waals surface area contributed by atoms with E-state index in [1.807, 2.05) is 6.92 Å². The van der Waals surface area contributed by atoms with Crippen molar-refractivity contribution < 1.29 is 48.8 Å². The van der Waals surface area contributed by atoms with E-state index in [0.29, 0.717) is 25.8 Å². The summed E-state index contributed by atoms with van der Waals surface area (Å²) in [4.78, 5) is 91.2. The quantitative estimate of drug-likeness (QED) is 0.0623. The molecular weight excluding hydrogens is 701 g/mol. The minimum Gasteiger partial charge on any atom is -0.480 e. The van der Waals surface area contributed by atoms with Crippen LogP contribution in [0.2, 0.25) is 0 Å². The summed E-state index contributed by atoms with van der Waals surface area (Å²) in [5.74, 6) is -7.05. The number of carbonyl (C=O) groups excluding carboxylic acids is 6. The zero-order valence-electron chi connectivity index (χ0n) is 32.0. The summed E-state index contributed by atoms with van der Waals surface area (Å²) in [6.07, 6.45) is -0.167. The average Bonchev–Trinajstić information content (AvgIpc) is 3.55. The molecule has 0 saturated carbocycles. The molecule has 300 valence electrons. The van der Waals surface area contributed by atoms with E-state index >= 15 is 0 Å². The van der Waals surface area contributed by atoms with Crippen molar-refractivity contribution in [1.29, 1.82) is 0 Å². The molecule has 0 spiro atoms. The van der Waals surface area contributed by atoms with Gasteiger partial charge in [0.05, 0.1) is 18.6 Å². The number of rotatable bonds is 22. The Hall–Kier alpha value is -4.55. The smallest absolute Gasteiger partial charge is 0.327 e. The Balaban J connectivity index is 2.32. The van der Waals surface area contributed by atoms with Crippen LogP contribution in [-0.4, -0.2) is 124 Å². The first-order chi connectivity index (χ1) is 25.3. The molecule has 17 nitrogen and oxygen atoms in total. The van der Waals surface area contributed by atoms with Crippen LogP contribution < -0.4 is 32.3 Å². The number of hydrogen-bond acceptors (Lipinski definition) is 10. The van der Waals surface area contributed by atoms with Crippen LogP contribution in [0.25, 0.3) is 0 Å². The van der Waals surface area contributed by atoms with E-state index in [1.54, 1.807) is 56.0 Å². The van der Waals surface area contributed by atoms with Crippen LogP contribution in [0, 0.1) is 11.8 Å². The molecule has 18 heteroatoms. The van der Waals surface area contributed by atoms with Crippen molar-refractivity contribution in [2.45, 2.75) is 122 Å². The molecule has 1 aromatic rings. The van der Waals surface area contributed by atoms with Gasteiger partial charge in [-0.1, -0.05) is 64.4 Å². The summed E-state index contributed by atoms with van der Waals surface area (Å²) in [5.41, 5.74) is 6.22. The topological polar surface area (TPSA) is 270 Å². The van der Waals surface area contributed by atoms with Gasteiger partial charge in [0.2, 0.25) is 35.4 Å². The van der Waals surface area contributed by atoms with E-state index in [1.165, 1.54) is 13.8 Å². The molecule has 0 unspecified atom stereocenters. The van der Waals surface area contributed by atoms with Gasteiger partial charge in [-0.2, -0.15) is 0 Å². The van der Waals surface area contributed by atoms with Crippen LogP contribution in [-0.2, 0) is 40.0 Å². The number of nitrogens with one attached hydrogen (secondary N) is 5. The lowest BCUT2D eigenvalue weighted by Gasteiger charge is -2.31. The van der Waals surface area contributed by atoms with Gasteiger partial charge < -0.3 is 47.6 Å². The maximum Gasteiger partial charge on any atom is 0.327 e. The number of nitrogens with two attached hydrogens (primary N) is 1. The largest absolute Gasteiger partial charge is 0.480 e. The number of aliphatic hydroxyl groups excluding tert-OH is 1. The molecule has 0 aromatic heterocycles. The maximum absolute atomic E-state index is 13.8. The number of carboxylic acids is 1. The lowest BCUT2D eigenvalue weighted by atomic mass is 9.58. The molecule has 1 aliphatic rings. The fourth-order valence-electron chi connectivity index (χ4n) is 6.35. The minimum absolute atomic E-state index is 0.0645. The number of benzene rings is 1. The molecule has 1 aromatic carbocycles. The molecule has 0 radical (unpaired) electrons. The Labute approximate surface area is 317 Å². The number of primary amides is 1. The molecule has 1 saturated heterocycles. The number of aliphatic hydroxyl groups is 1. The monoisotopic (exact) mass is 759 g/mol. The maximum atomic E-state index is 13.8. The van der Waals surface area contributed by atoms with Crippen LogP contribution in [0.5, 0.6) is 0 Å². The van der Waals surface area contributed by atoms with Crippen LogP contribution in [0.1, 0.15) is 79.2 Å². The van der Waals surface area contributed by atoms with E-state index in [-0.39, 0.29) is 31.1 Å². The predicted octanol–water partition coefficient (Wildman–Crippen LogP) is -1.37. The Kier molecular flexibility index (Phi) is 18.6. The summed E-state index contributed by atoms with van der Waals surface area (Å²) < 4.78 is 0. The molecule has 2 rings (SSSR count). The van der Waals surface area contributed by atoms with Crippen LogP contribution >= 0.6 is 0 Å². The molecule has 54 heavy (non-hydrogen) atoms. The third kappa shape index (κ3) is 14.7. The molecule has 0 bridgehead atoms. The molecular formula is C36H58BN7O10. The Morgan fingerprint density at radius 1 is 0.889 bits per heavy atom. The van der Waals surface area contributed by atoms with Crippen LogP contribution in [0.15, 0.2) is 30.3 Å². The first kappa shape index (κ1) is 45.6. The number of aliphatic carboxylic acids is 1. The van der Waals surface area contributed by atoms with Crippen LogP contribution in [0.4, 0.5) is 0 Å². The Morgan fingerprint density at radius 3 is 2.04 bits per heavy atom. The Bertz CT molecular complexity index is 1450. The third-order valence-corrected chi connectivity index (χ3v) is 9.46. The fraction of sp³-hybridized carbons (Fsp3) is 0.639. The highest BCUT2D eigenvalue weighted by molar-refractivity contribution is 6.53. The molecule has 1 heterocycles. The second kappa shape index (κ2) is 22.0. The number of likely N-dealkylation sites (tertiary alicyclic amines) is 1. The van der Waals surface area contributed by atoms with Crippen molar-refractivity contribution in [1.82, 2.24) is 31.5 Å². The lowest BCUT2D eigenvalue weighted by Crippen LogP contribution is -2.61. The Morgan fingerprint density at radius 2 is 1.50 bits per heavy atom. The normalized spacial score (nSPS) is 18.2. The van der Waals surface area contributed by atoms with E-state index in [0.717, 1.165) is 5.56 Å². The van der Waals surface area contributed by atoms with Crippen molar-refractivity contribution in [2.24, 2.45) is 17.6 Å². The summed E-state index contributed by atoms with van der Waals surface area (Å²) in [6.45, 7) is 8.79. The summed E-state index contributed by atoms with van der Waals surface area (Å²) >= 11 is 0. The minimum atomic E-state index is -1.52. The van der Waals surface area contributed by atoms with Gasteiger partial charge in [0.15, 0.2) is 0 Å². The molecule has 1 fully saturated rings. The van der Waals surface area contributed by atoms with Crippen molar-refractivity contribution in [2.75, 3.05) is 13.0 Å². The summed E-state index contributed by atoms with van der Waals surface area (Å²) in [7, 11) is 0. The van der Waals surface area contributed by atoms with Crippen molar-refractivity contribution in [3.63, 3.8) is 0 Å². The van der Waals surface area contributed by atoms with E-state index in [9.17, 15) is 48.8 Å². The van der Waals surface area contributed by atoms with Gasteiger partial charge in [-0.05, 0) is 56.6 Å². The predicted molar refractivity (Wildman–Crippen MR) is 200 cm³/mol. The molecule has 0 aliphatic carbocycles. The van der Waals surface area contributed by atoms with Crippen molar-refractivity contribution in [3.05, 3.63) is 35.9 Å². The first-order valence-electron chi connectivity index (χ1n) is 18.5. The highest BCUT2D eigenvalue weighted by atomic mass is 16.4. The number of carboxylic acid groups (broad SMARTS) is 1. The SMILES string of the molecule is CC[C@H](C)[C@H](NC(=O)[C@@H]1CCCN1CB(O)[C@H](Cc1ccccc1)NC(=O)[C@H](CC(N)=O)NC(=O)[C@H](CC(C)C)NC(=O)[C@@H](NC(C)=O)[C@@H](C)O)C(=O)O. The van der Waals surface area contributed by atoms with E-state index in [4.69, 9.17) is 5.73 Å². The van der Waals surface area contributed by atoms with Gasteiger partial charge in [-0.15, -0.1) is 0 Å². The van der Waals surface area contributed by atoms with Crippen molar-refractivity contribution >= 4 is 48.3 Å². The highest BCUT2D eigenvalue weighted by Crippen LogP contribution is 2.20. The number of carbonyl (C=O) groups is 7. The zero-order chi connectivity index (χ0) is 40.7. The van der Waals surface area contributed by atoms with E-state index in [2.05, 4.69) is 26.6 Å². The highest BCUT2D eigenvalue weighted by Gasteiger charge is 2.39. The van der Waals surface area contributed by atoms with Crippen molar-refractivity contribution in [3.8, 4) is 0 Å². The van der Waals surface area contributed by atoms with Gasteiger partial charge in [0, 0.05) is 19.3 Å². The van der Waals surface area contributed by atoms with Gasteiger partial charge in [0.25, 0.3) is 0 Å². The zero-order valence-corrected chi connectivity index (χ0v) is 32.0. The summed E-state index contributed by atoms with van der Waals surface area (Å²) in [6, 6.07) is 3.04. The second-order valence-corrected chi connectivity index (χ2v) is 14.6. The molecule has 8 atom stereocenters. The molecule has 6 amide bonds. The second-order valence-electron chi connectivity index (χ2n) is 14.6. The van der Waals surface area contributed by atoms with Gasteiger partial charge in [-0.3, -0.25) is 33.7 Å². The number of nitrogens with zero attached hydrogens (tertiary/aromatic N) is 1. The molecule has 10 N–H and O–H groups in total. The standard InChI is InChI=1S/C36H58BN7O10/c1-7-21(4)30(36(52)53)43-34(50)27-14-11-15-44(27)19-37(54)28(17-24-12-9-8-10-13-24)42-33(49)26(18-29(38)47)40-32(48)25(16-20(2)3)41-35(51)31(22(5)45)39-23(6)46/h8-10,12-13,20-22,25-28,30-31,45,54H,7,11,14-19H2,1-6H3,(H2,38,47)(H,39,46)(H,40,48)(H,41,51)(H,42,49)(H,43,50)(H,52,53)/t21-,22+,25-,26-,27-,28-,30-,31-/m0/s1. The fourth-order valence-corrected chi connectivity index (χ4v) is 6.35. The lowest BCUT2D eigenvalue weighted by molar-refractivity contribution is -0.144. The molecule has 1 aliphatic heterocycles. The summed E-state index contributed by atoms with van der Waals surface area (Å²) in [5, 5.41) is 44.2. The van der Waals surface area contributed by atoms with Crippen LogP contribution in [0.3, 0.4) is 0 Å². The number of hydrogen-bond donors (Lipinski definition) is 9. The van der Waals surface area contributed by atoms with E-state index < -0.39 is 97.0 Å². The first-order valence-corrected chi connectivity index (χ1v) is 18.5. The van der Waals surface area contributed by atoms with Gasteiger partial charge >= 0.3 is 12.9 Å². The van der Waals surface area contributed by atoms with Gasteiger partial charge in [0.1, 0.15) is 24.2 Å². The third-order valence-electron chi connectivity index (χ3n) is 9.46. The average molecular weight is 760 g/mol. The van der Waals surface area contributed by atoms with Gasteiger partial charge in [-0.25, -0.2) is 4.79 Å².